The van der Waals surface area contributed by atoms with Crippen LogP contribution in [0.3, 0.4) is 0 Å². The average Bonchev–Trinajstić information content (AvgIpc) is 2.87. The number of hydrogen-bond donors (Lipinski definition) is 1. The second-order valence-electron chi connectivity index (χ2n) is 5.09. The predicted octanol–water partition coefficient (Wildman–Crippen LogP) is 2.17. The van der Waals surface area contributed by atoms with Gasteiger partial charge in [-0.15, -0.1) is 8.42 Å². The van der Waals surface area contributed by atoms with Crippen LogP contribution in [0.15, 0.2) is 48.5 Å². The van der Waals surface area contributed by atoms with Gasteiger partial charge in [-0.2, -0.15) is 0 Å². The normalized spacial score (nSPS) is 14.2. The van der Waals surface area contributed by atoms with E-state index in [9.17, 15) is 13.2 Å². The van der Waals surface area contributed by atoms with Crippen LogP contribution in [0, 0.1) is 0 Å². The van der Waals surface area contributed by atoms with Gasteiger partial charge in [0.1, 0.15) is 6.61 Å². The first-order valence-electron chi connectivity index (χ1n) is 7.23. The van der Waals surface area contributed by atoms with Gasteiger partial charge in [0.25, 0.3) is 0 Å². The first-order valence-corrected chi connectivity index (χ1v) is 8.56. The minimum atomic E-state index is -3.98. The lowest BCUT2D eigenvalue weighted by atomic mass is 10.1. The van der Waals surface area contributed by atoms with Crippen LogP contribution in [-0.4, -0.2) is 21.1 Å². The smallest absolute Gasteiger partial charge is 0.445 e. The fourth-order valence-corrected chi connectivity index (χ4v) is 2.90. The zero-order valence-corrected chi connectivity index (χ0v) is 13.4. The zero-order valence-electron chi connectivity index (χ0n) is 12.6. The molecule has 7 nitrogen and oxygen atoms in total. The van der Waals surface area contributed by atoms with Crippen LogP contribution in [0.1, 0.15) is 11.1 Å². The highest BCUT2D eigenvalue weighted by atomic mass is 32.3. The number of nitrogens with one attached hydrogen (secondary N) is 1. The molecule has 3 rings (SSSR count). The molecule has 8 heteroatoms. The molecule has 2 aromatic rings. The van der Waals surface area contributed by atoms with Gasteiger partial charge in [-0.25, -0.2) is 4.79 Å². The number of fused-ring (bicyclic) bond motifs is 1. The van der Waals surface area contributed by atoms with E-state index >= 15 is 0 Å². The minimum absolute atomic E-state index is 0.152. The van der Waals surface area contributed by atoms with Crippen molar-refractivity contribution in [2.45, 2.75) is 13.0 Å². The molecule has 0 saturated carbocycles. The van der Waals surface area contributed by atoms with Crippen LogP contribution in [0.2, 0.25) is 0 Å². The van der Waals surface area contributed by atoms with Crippen molar-refractivity contribution in [1.82, 2.24) is 5.32 Å². The monoisotopic (exact) mass is 349 g/mol. The first-order chi connectivity index (χ1) is 11.5. The molecule has 0 bridgehead atoms. The third-order valence-corrected chi connectivity index (χ3v) is 4.05. The summed E-state index contributed by atoms with van der Waals surface area (Å²) in [6.07, 6.45) is -0.0147. The standard InChI is InChI=1S/C16H15NO6S/c18-16(21-11-13-4-2-1-3-5-13)17-9-8-12-6-7-14-15(10-12)23-24(19,20)22-14/h1-7,10H,8-9,11H2,(H,17,18). The highest BCUT2D eigenvalue weighted by Gasteiger charge is 2.28. The molecule has 0 aliphatic carbocycles. The van der Waals surface area contributed by atoms with Gasteiger partial charge in [-0.05, 0) is 29.7 Å². The van der Waals surface area contributed by atoms with Gasteiger partial charge in [-0.3, -0.25) is 0 Å². The van der Waals surface area contributed by atoms with Gasteiger partial charge in [0.05, 0.1) is 0 Å². The van der Waals surface area contributed by atoms with E-state index in [4.69, 9.17) is 4.74 Å². The van der Waals surface area contributed by atoms with E-state index in [2.05, 4.69) is 13.7 Å². The summed E-state index contributed by atoms with van der Waals surface area (Å²) in [6.45, 7) is 0.550. The third-order valence-electron chi connectivity index (χ3n) is 3.29. The van der Waals surface area contributed by atoms with E-state index in [1.165, 1.54) is 6.07 Å². The van der Waals surface area contributed by atoms with Gasteiger partial charge in [0.2, 0.25) is 0 Å². The van der Waals surface area contributed by atoms with E-state index in [1.807, 2.05) is 30.3 Å². The van der Waals surface area contributed by atoms with Gasteiger partial charge in [0, 0.05) is 6.54 Å². The maximum Gasteiger partial charge on any atom is 0.501 e. The number of benzene rings is 2. The Bertz CT molecular complexity index is 835. The van der Waals surface area contributed by atoms with Crippen molar-refractivity contribution in [2.75, 3.05) is 6.54 Å². The Morgan fingerprint density at radius 3 is 2.54 bits per heavy atom. The number of ether oxygens (including phenoxy) is 1. The highest BCUT2D eigenvalue weighted by Crippen LogP contribution is 2.36. The molecule has 0 spiro atoms. The molecule has 1 aliphatic rings. The Morgan fingerprint density at radius 1 is 1.00 bits per heavy atom. The molecule has 1 N–H and O–H groups in total. The second kappa shape index (κ2) is 6.79. The SMILES string of the molecule is O=C(NCCc1ccc2c(c1)OS(=O)(=O)O2)OCc1ccccc1. The quantitative estimate of drug-likeness (QED) is 0.890. The van der Waals surface area contributed by atoms with Gasteiger partial charge < -0.3 is 18.4 Å². The van der Waals surface area contributed by atoms with E-state index in [1.54, 1.807) is 12.1 Å². The second-order valence-corrected chi connectivity index (χ2v) is 6.24. The fourth-order valence-electron chi connectivity index (χ4n) is 2.16. The molecule has 2 aromatic carbocycles. The maximum absolute atomic E-state index is 11.6. The summed E-state index contributed by atoms with van der Waals surface area (Å²) in [5.41, 5.74) is 1.71. The van der Waals surface area contributed by atoms with Crippen LogP contribution >= 0.6 is 0 Å². The maximum atomic E-state index is 11.6. The Balaban J connectivity index is 1.44. The topological polar surface area (TPSA) is 90.9 Å². The summed E-state index contributed by atoms with van der Waals surface area (Å²) in [4.78, 5) is 11.6. The lowest BCUT2D eigenvalue weighted by molar-refractivity contribution is 0.140. The van der Waals surface area contributed by atoms with Crippen molar-refractivity contribution in [2.24, 2.45) is 0 Å². The van der Waals surface area contributed by atoms with E-state index in [0.717, 1.165) is 11.1 Å². The van der Waals surface area contributed by atoms with Crippen LogP contribution in [0.5, 0.6) is 11.5 Å². The Morgan fingerprint density at radius 2 is 1.75 bits per heavy atom. The minimum Gasteiger partial charge on any atom is -0.445 e. The molecule has 1 heterocycles. The number of carbonyl (C=O) groups excluding carboxylic acids is 1. The van der Waals surface area contributed by atoms with Crippen molar-refractivity contribution < 1.29 is 26.3 Å². The lowest BCUT2D eigenvalue weighted by Crippen LogP contribution is -2.26. The molecule has 126 valence electrons. The number of alkyl carbamates (subject to hydrolysis) is 1. The summed E-state index contributed by atoms with van der Waals surface area (Å²) in [6, 6.07) is 14.2. The molecule has 0 unspecified atom stereocenters. The fraction of sp³-hybridized carbons (Fsp3) is 0.188. The summed E-state index contributed by atoms with van der Waals surface area (Å²) in [5, 5.41) is 2.63. The average molecular weight is 349 g/mol. The summed E-state index contributed by atoms with van der Waals surface area (Å²) in [7, 11) is -3.98. The predicted molar refractivity (Wildman–Crippen MR) is 85.0 cm³/mol. The number of hydrogen-bond acceptors (Lipinski definition) is 6. The highest BCUT2D eigenvalue weighted by molar-refractivity contribution is 7.82. The summed E-state index contributed by atoms with van der Waals surface area (Å²) < 4.78 is 36.8. The van der Waals surface area contributed by atoms with Crippen molar-refractivity contribution in [1.29, 1.82) is 0 Å². The van der Waals surface area contributed by atoms with Crippen LogP contribution in [0.4, 0.5) is 4.79 Å². The molecule has 24 heavy (non-hydrogen) atoms. The summed E-state index contributed by atoms with van der Waals surface area (Å²) >= 11 is 0. The molecular weight excluding hydrogens is 334 g/mol. The van der Waals surface area contributed by atoms with Crippen LogP contribution < -0.4 is 13.7 Å². The van der Waals surface area contributed by atoms with Crippen LogP contribution in [-0.2, 0) is 28.2 Å². The van der Waals surface area contributed by atoms with Crippen molar-refractivity contribution in [3.8, 4) is 11.5 Å². The molecule has 0 aromatic heterocycles. The van der Waals surface area contributed by atoms with Crippen molar-refractivity contribution >= 4 is 16.5 Å². The Hall–Kier alpha value is -2.74. The van der Waals surface area contributed by atoms with Gasteiger partial charge in [0.15, 0.2) is 11.5 Å². The molecule has 1 aliphatic heterocycles. The molecule has 0 fully saturated rings. The molecule has 1 amide bonds. The third kappa shape index (κ3) is 4.17. The molecule has 0 saturated heterocycles. The first kappa shape index (κ1) is 16.1. The van der Waals surface area contributed by atoms with Gasteiger partial charge in [-0.1, -0.05) is 36.4 Å². The van der Waals surface area contributed by atoms with Crippen LogP contribution in [0.25, 0.3) is 0 Å². The van der Waals surface area contributed by atoms with E-state index < -0.39 is 16.5 Å². The number of carbonyl (C=O) groups is 1. The Labute approximate surface area is 139 Å². The van der Waals surface area contributed by atoms with E-state index in [0.29, 0.717) is 13.0 Å². The van der Waals surface area contributed by atoms with E-state index in [-0.39, 0.29) is 18.1 Å². The Kier molecular flexibility index (Phi) is 4.57. The lowest BCUT2D eigenvalue weighted by Gasteiger charge is -2.07. The number of rotatable bonds is 5. The molecule has 0 atom stereocenters. The zero-order chi connectivity index (χ0) is 17.0. The van der Waals surface area contributed by atoms with Crippen molar-refractivity contribution in [3.63, 3.8) is 0 Å². The van der Waals surface area contributed by atoms with Gasteiger partial charge >= 0.3 is 16.5 Å². The largest absolute Gasteiger partial charge is 0.501 e. The summed E-state index contributed by atoms with van der Waals surface area (Å²) in [5.74, 6) is 0.313. The van der Waals surface area contributed by atoms with Crippen molar-refractivity contribution in [3.05, 3.63) is 59.7 Å². The molecular formula is C16H15NO6S. The number of amides is 1. The molecule has 0 radical (unpaired) electrons.